The second kappa shape index (κ2) is 14.7. The molecule has 0 amide bonds. The van der Waals surface area contributed by atoms with Gasteiger partial charge in [0.25, 0.3) is 0 Å². The lowest BCUT2D eigenvalue weighted by atomic mass is 9.94. The van der Waals surface area contributed by atoms with Gasteiger partial charge in [0.2, 0.25) is 5.95 Å². The van der Waals surface area contributed by atoms with Crippen LogP contribution in [-0.2, 0) is 0 Å². The number of rotatable bonds is 7. The molecule has 62 heavy (non-hydrogen) atoms. The predicted molar refractivity (Wildman–Crippen MR) is 256 cm³/mol. The zero-order chi connectivity index (χ0) is 41.0. The third kappa shape index (κ3) is 5.90. The van der Waals surface area contributed by atoms with Gasteiger partial charge in [0.1, 0.15) is 0 Å². The summed E-state index contributed by atoms with van der Waals surface area (Å²) in [5, 5.41) is 4.56. The molecule has 3 heterocycles. The van der Waals surface area contributed by atoms with Gasteiger partial charge in [-0.25, -0.2) is 4.98 Å². The summed E-state index contributed by atoms with van der Waals surface area (Å²) in [6.45, 7) is 0. The van der Waals surface area contributed by atoms with Crippen molar-refractivity contribution in [1.29, 1.82) is 0 Å². The monoisotopic (exact) mass is 791 g/mol. The van der Waals surface area contributed by atoms with Crippen molar-refractivity contribution in [1.82, 2.24) is 24.1 Å². The Morgan fingerprint density at radius 2 is 0.758 bits per heavy atom. The molecule has 0 fully saturated rings. The summed E-state index contributed by atoms with van der Waals surface area (Å²) in [7, 11) is 0. The Hall–Kier alpha value is -8.41. The minimum absolute atomic E-state index is 0.548. The topological polar surface area (TPSA) is 48.5 Å². The molecule has 0 spiro atoms. The largest absolute Gasteiger partial charge is 0.307 e. The highest BCUT2D eigenvalue weighted by Gasteiger charge is 2.26. The number of fused-ring (bicyclic) bond motifs is 7. The fourth-order valence-electron chi connectivity index (χ4n) is 9.15. The Kier molecular flexibility index (Phi) is 8.42. The van der Waals surface area contributed by atoms with E-state index in [1.165, 1.54) is 16.5 Å². The Balaban J connectivity index is 1.24. The molecule has 290 valence electrons. The second-order valence-electron chi connectivity index (χ2n) is 15.6. The van der Waals surface area contributed by atoms with Gasteiger partial charge in [0, 0.05) is 38.4 Å². The number of hydrogen-bond acceptors (Lipinski definition) is 3. The van der Waals surface area contributed by atoms with Gasteiger partial charge in [-0.3, -0.25) is 4.57 Å². The molecule has 0 aliphatic heterocycles. The van der Waals surface area contributed by atoms with Gasteiger partial charge in [0.05, 0.1) is 22.1 Å². The van der Waals surface area contributed by atoms with E-state index < -0.39 is 0 Å². The highest BCUT2D eigenvalue weighted by Crippen LogP contribution is 2.46. The van der Waals surface area contributed by atoms with E-state index in [2.05, 4.69) is 209 Å². The fourth-order valence-corrected chi connectivity index (χ4v) is 9.15. The van der Waals surface area contributed by atoms with Gasteiger partial charge in [-0.15, -0.1) is 0 Å². The molecular weight excluding hydrogens is 755 g/mol. The summed E-state index contributed by atoms with van der Waals surface area (Å²) < 4.78 is 4.70. The van der Waals surface area contributed by atoms with E-state index in [9.17, 15) is 0 Å². The smallest absolute Gasteiger partial charge is 0.238 e. The average molecular weight is 792 g/mol. The van der Waals surface area contributed by atoms with Gasteiger partial charge in [-0.2, -0.15) is 9.97 Å². The van der Waals surface area contributed by atoms with Crippen LogP contribution in [-0.4, -0.2) is 24.1 Å². The van der Waals surface area contributed by atoms with Crippen LogP contribution in [0.2, 0.25) is 0 Å². The molecule has 3 aromatic heterocycles. The van der Waals surface area contributed by atoms with E-state index in [-0.39, 0.29) is 0 Å². The first kappa shape index (κ1) is 35.5. The lowest BCUT2D eigenvalue weighted by Crippen LogP contribution is -2.07. The van der Waals surface area contributed by atoms with E-state index in [4.69, 9.17) is 15.0 Å². The second-order valence-corrected chi connectivity index (χ2v) is 15.6. The SMILES string of the molecule is c1ccc(-c2cccc(-c3nc(-c4ccccc4)nc(-n4c5ccccc5c5c(-c6cccc(-c7ccccc7)c6)cc6c7ccccc7n(-c7ccccc7)c6c54)n3)c2)cc1. The highest BCUT2D eigenvalue weighted by atomic mass is 15.2. The standard InChI is InChI=1S/C57H37N5/c1-5-19-38(20-6-1)41-25-17-27-43(35-41)48-37-49-46-31-13-15-33-50(46)61(45-29-11-4-12-30-45)53(49)54-52(48)47-32-14-16-34-51(47)62(54)57-59-55(40-23-9-3-10-24-40)58-56(60-57)44-28-18-26-42(36-44)39-21-7-2-8-22-39/h1-37H. The molecule has 0 aliphatic rings. The first-order chi connectivity index (χ1) is 30.8. The van der Waals surface area contributed by atoms with E-state index >= 15 is 0 Å². The van der Waals surface area contributed by atoms with Crippen LogP contribution in [0.15, 0.2) is 224 Å². The third-order valence-corrected chi connectivity index (χ3v) is 11.9. The highest BCUT2D eigenvalue weighted by molar-refractivity contribution is 6.28. The van der Waals surface area contributed by atoms with E-state index in [0.717, 1.165) is 77.3 Å². The Bertz CT molecular complexity index is 3610. The molecule has 5 heteroatoms. The van der Waals surface area contributed by atoms with Crippen LogP contribution in [0.4, 0.5) is 0 Å². The lowest BCUT2D eigenvalue weighted by Gasteiger charge is -2.15. The summed E-state index contributed by atoms with van der Waals surface area (Å²) in [5.74, 6) is 1.75. The first-order valence-electron chi connectivity index (χ1n) is 21.0. The molecule has 0 unspecified atom stereocenters. The quantitative estimate of drug-likeness (QED) is 0.162. The van der Waals surface area contributed by atoms with Crippen LogP contribution >= 0.6 is 0 Å². The molecule has 0 saturated heterocycles. The van der Waals surface area contributed by atoms with Crippen molar-refractivity contribution in [2.24, 2.45) is 0 Å². The molecule has 0 radical (unpaired) electrons. The van der Waals surface area contributed by atoms with Crippen molar-refractivity contribution in [3.8, 4) is 67.8 Å². The maximum absolute atomic E-state index is 5.46. The van der Waals surface area contributed by atoms with Crippen LogP contribution in [0, 0.1) is 0 Å². The molecule has 12 rings (SSSR count). The number of benzene rings is 9. The summed E-state index contributed by atoms with van der Waals surface area (Å²) >= 11 is 0. The van der Waals surface area contributed by atoms with Crippen LogP contribution < -0.4 is 0 Å². The summed E-state index contributed by atoms with van der Waals surface area (Å²) in [6, 6.07) is 79.2. The molecule has 0 N–H and O–H groups in total. The Labute approximate surface area is 358 Å². The number of para-hydroxylation sites is 3. The number of hydrogen-bond donors (Lipinski definition) is 0. The van der Waals surface area contributed by atoms with Crippen LogP contribution in [0.1, 0.15) is 0 Å². The maximum Gasteiger partial charge on any atom is 0.238 e. The van der Waals surface area contributed by atoms with Crippen molar-refractivity contribution in [2.75, 3.05) is 0 Å². The van der Waals surface area contributed by atoms with Crippen molar-refractivity contribution in [2.45, 2.75) is 0 Å². The van der Waals surface area contributed by atoms with E-state index in [1.54, 1.807) is 0 Å². The van der Waals surface area contributed by atoms with Gasteiger partial charge >= 0.3 is 0 Å². The maximum atomic E-state index is 5.46. The normalized spacial score (nSPS) is 11.5. The van der Waals surface area contributed by atoms with E-state index in [1.807, 2.05) is 24.3 Å². The molecule has 0 aliphatic carbocycles. The summed E-state index contributed by atoms with van der Waals surface area (Å²) in [6.07, 6.45) is 0. The van der Waals surface area contributed by atoms with Crippen molar-refractivity contribution in [3.05, 3.63) is 224 Å². The molecule has 12 aromatic rings. The van der Waals surface area contributed by atoms with Gasteiger partial charge < -0.3 is 4.57 Å². The van der Waals surface area contributed by atoms with Gasteiger partial charge in [-0.05, 0) is 75.8 Å². The van der Waals surface area contributed by atoms with Gasteiger partial charge in [-0.1, -0.05) is 182 Å². The average Bonchev–Trinajstić information content (AvgIpc) is 3.88. The third-order valence-electron chi connectivity index (χ3n) is 11.9. The molecule has 5 nitrogen and oxygen atoms in total. The Morgan fingerprint density at radius 3 is 1.40 bits per heavy atom. The summed E-state index contributed by atoms with van der Waals surface area (Å²) in [4.78, 5) is 16.1. The van der Waals surface area contributed by atoms with Gasteiger partial charge in [0.15, 0.2) is 11.6 Å². The summed E-state index contributed by atoms with van der Waals surface area (Å²) in [5.41, 5.74) is 14.0. The number of nitrogens with zero attached hydrogens (tertiary/aromatic N) is 5. The first-order valence-corrected chi connectivity index (χ1v) is 21.0. The molecule has 0 atom stereocenters. The molecule has 0 bridgehead atoms. The lowest BCUT2D eigenvalue weighted by molar-refractivity contribution is 0.953. The molecule has 0 saturated carbocycles. The van der Waals surface area contributed by atoms with Crippen LogP contribution in [0.25, 0.3) is 111 Å². The predicted octanol–water partition coefficient (Wildman–Crippen LogP) is 14.4. The number of aromatic nitrogens is 5. The molecule has 9 aromatic carbocycles. The van der Waals surface area contributed by atoms with Crippen LogP contribution in [0.3, 0.4) is 0 Å². The van der Waals surface area contributed by atoms with Crippen LogP contribution in [0.5, 0.6) is 0 Å². The zero-order valence-corrected chi connectivity index (χ0v) is 33.6. The molecular formula is C57H37N5. The van der Waals surface area contributed by atoms with E-state index in [0.29, 0.717) is 17.6 Å². The van der Waals surface area contributed by atoms with Crippen molar-refractivity contribution < 1.29 is 0 Å². The zero-order valence-electron chi connectivity index (χ0n) is 33.6. The fraction of sp³-hybridized carbons (Fsp3) is 0. The van der Waals surface area contributed by atoms with Crippen molar-refractivity contribution >= 4 is 43.6 Å². The Morgan fingerprint density at radius 1 is 0.290 bits per heavy atom. The van der Waals surface area contributed by atoms with Crippen molar-refractivity contribution in [3.63, 3.8) is 0 Å². The minimum Gasteiger partial charge on any atom is -0.307 e. The minimum atomic E-state index is 0.548.